The van der Waals surface area contributed by atoms with E-state index in [-0.39, 0.29) is 6.61 Å². The van der Waals surface area contributed by atoms with Crippen LogP contribution in [0.4, 0.5) is 0 Å². The van der Waals surface area contributed by atoms with Gasteiger partial charge >= 0.3 is 0 Å². The lowest BCUT2D eigenvalue weighted by atomic mass is 10.4. The van der Waals surface area contributed by atoms with Gasteiger partial charge in [0.25, 0.3) is 0 Å². The zero-order chi connectivity index (χ0) is 14.9. The maximum absolute atomic E-state index is 10.4. The first kappa shape index (κ1) is 19.3. The first-order valence-corrected chi connectivity index (χ1v) is 7.20. The SMILES string of the molecule is CCNCCNCCCOCCOCCOCC(N)=O. The molecule has 0 aliphatic heterocycles. The highest BCUT2D eigenvalue weighted by Crippen LogP contribution is 1.84. The van der Waals surface area contributed by atoms with Gasteiger partial charge in [-0.1, -0.05) is 6.92 Å². The summed E-state index contributed by atoms with van der Waals surface area (Å²) in [5.41, 5.74) is 4.91. The molecule has 120 valence electrons. The van der Waals surface area contributed by atoms with E-state index in [0.717, 1.165) is 39.2 Å². The molecular formula is C13H29N3O4. The minimum Gasteiger partial charge on any atom is -0.379 e. The molecule has 0 rings (SSSR count). The summed E-state index contributed by atoms with van der Waals surface area (Å²) in [7, 11) is 0. The predicted octanol–water partition coefficient (Wildman–Crippen LogP) is -0.889. The Balaban J connectivity index is 2.94. The molecule has 0 saturated carbocycles. The second-order valence-corrected chi connectivity index (χ2v) is 4.20. The van der Waals surface area contributed by atoms with Crippen LogP contribution in [0.5, 0.6) is 0 Å². The summed E-state index contributed by atoms with van der Waals surface area (Å²) in [6.45, 7) is 8.68. The van der Waals surface area contributed by atoms with Crippen LogP contribution in [0.2, 0.25) is 0 Å². The lowest BCUT2D eigenvalue weighted by molar-refractivity contribution is -0.123. The normalized spacial score (nSPS) is 10.8. The summed E-state index contributed by atoms with van der Waals surface area (Å²) in [4.78, 5) is 10.4. The van der Waals surface area contributed by atoms with E-state index in [2.05, 4.69) is 17.6 Å². The minimum atomic E-state index is -0.465. The third-order valence-corrected chi connectivity index (χ3v) is 2.36. The third kappa shape index (κ3) is 17.3. The molecule has 0 aromatic carbocycles. The molecule has 0 saturated heterocycles. The van der Waals surface area contributed by atoms with Gasteiger partial charge in [-0.05, 0) is 19.5 Å². The van der Waals surface area contributed by atoms with Gasteiger partial charge in [0.05, 0.1) is 26.4 Å². The first-order chi connectivity index (χ1) is 9.77. The summed E-state index contributed by atoms with van der Waals surface area (Å²) in [5.74, 6) is -0.465. The molecule has 1 amide bonds. The Kier molecular flexibility index (Phi) is 15.7. The molecule has 0 spiro atoms. The Morgan fingerprint density at radius 3 is 2.15 bits per heavy atom. The molecule has 0 fully saturated rings. The Bertz CT molecular complexity index is 218. The number of carbonyl (C=O) groups excluding carboxylic acids is 1. The van der Waals surface area contributed by atoms with E-state index in [1.165, 1.54) is 0 Å². The average molecular weight is 291 g/mol. The number of primary amides is 1. The van der Waals surface area contributed by atoms with Gasteiger partial charge in [-0.15, -0.1) is 0 Å². The van der Waals surface area contributed by atoms with Crippen LogP contribution in [-0.2, 0) is 19.0 Å². The van der Waals surface area contributed by atoms with Crippen LogP contribution < -0.4 is 16.4 Å². The highest BCUT2D eigenvalue weighted by molar-refractivity contribution is 5.74. The number of nitrogens with one attached hydrogen (secondary N) is 2. The van der Waals surface area contributed by atoms with Crippen molar-refractivity contribution in [3.8, 4) is 0 Å². The first-order valence-electron chi connectivity index (χ1n) is 7.20. The van der Waals surface area contributed by atoms with Crippen LogP contribution >= 0.6 is 0 Å². The Labute approximate surface area is 121 Å². The van der Waals surface area contributed by atoms with Crippen molar-refractivity contribution in [2.75, 3.05) is 65.8 Å². The van der Waals surface area contributed by atoms with E-state index in [9.17, 15) is 4.79 Å². The van der Waals surface area contributed by atoms with Crippen LogP contribution in [0.3, 0.4) is 0 Å². The zero-order valence-corrected chi connectivity index (χ0v) is 12.5. The van der Waals surface area contributed by atoms with E-state index in [1.54, 1.807) is 0 Å². The average Bonchev–Trinajstić information content (AvgIpc) is 2.43. The van der Waals surface area contributed by atoms with Crippen molar-refractivity contribution in [2.24, 2.45) is 5.73 Å². The van der Waals surface area contributed by atoms with Crippen molar-refractivity contribution in [1.29, 1.82) is 0 Å². The van der Waals surface area contributed by atoms with E-state index in [1.807, 2.05) is 0 Å². The van der Waals surface area contributed by atoms with Crippen LogP contribution in [0, 0.1) is 0 Å². The molecule has 7 heteroatoms. The minimum absolute atomic E-state index is 0.0549. The third-order valence-electron chi connectivity index (χ3n) is 2.36. The van der Waals surface area contributed by atoms with Crippen LogP contribution in [0.25, 0.3) is 0 Å². The number of likely N-dealkylation sites (N-methyl/N-ethyl adjacent to an activating group) is 1. The topological polar surface area (TPSA) is 94.8 Å². The summed E-state index contributed by atoms with van der Waals surface area (Å²) in [6.07, 6.45) is 0.994. The van der Waals surface area contributed by atoms with E-state index >= 15 is 0 Å². The molecule has 0 unspecified atom stereocenters. The molecule has 20 heavy (non-hydrogen) atoms. The number of ether oxygens (including phenoxy) is 3. The fraction of sp³-hybridized carbons (Fsp3) is 0.923. The van der Waals surface area contributed by atoms with Crippen LogP contribution in [-0.4, -0.2) is 71.7 Å². The van der Waals surface area contributed by atoms with Crippen molar-refractivity contribution >= 4 is 5.91 Å². The maximum Gasteiger partial charge on any atom is 0.243 e. The van der Waals surface area contributed by atoms with E-state index < -0.39 is 5.91 Å². The maximum atomic E-state index is 10.4. The van der Waals surface area contributed by atoms with Gasteiger partial charge in [-0.25, -0.2) is 0 Å². The van der Waals surface area contributed by atoms with Crippen molar-refractivity contribution in [2.45, 2.75) is 13.3 Å². The summed E-state index contributed by atoms with van der Waals surface area (Å²) < 4.78 is 15.6. The molecule has 0 aromatic heterocycles. The molecule has 0 aromatic rings. The van der Waals surface area contributed by atoms with Crippen LogP contribution in [0.1, 0.15) is 13.3 Å². The molecule has 0 aliphatic carbocycles. The predicted molar refractivity (Wildman–Crippen MR) is 77.7 cm³/mol. The molecule has 0 atom stereocenters. The molecule has 4 N–H and O–H groups in total. The number of amides is 1. The second kappa shape index (κ2) is 16.3. The summed E-state index contributed by atoms with van der Waals surface area (Å²) in [5, 5.41) is 6.57. The zero-order valence-electron chi connectivity index (χ0n) is 12.5. The lowest BCUT2D eigenvalue weighted by Gasteiger charge is -2.07. The molecular weight excluding hydrogens is 262 g/mol. The number of nitrogens with two attached hydrogens (primary N) is 1. The molecule has 0 aliphatic rings. The largest absolute Gasteiger partial charge is 0.379 e. The molecule has 0 heterocycles. The van der Waals surface area contributed by atoms with Gasteiger partial charge in [0.1, 0.15) is 6.61 Å². The molecule has 7 nitrogen and oxygen atoms in total. The van der Waals surface area contributed by atoms with Gasteiger partial charge in [-0.2, -0.15) is 0 Å². The van der Waals surface area contributed by atoms with Crippen molar-refractivity contribution in [1.82, 2.24) is 10.6 Å². The van der Waals surface area contributed by atoms with Crippen LogP contribution in [0.15, 0.2) is 0 Å². The Morgan fingerprint density at radius 1 is 0.900 bits per heavy atom. The quantitative estimate of drug-likeness (QED) is 0.319. The van der Waals surface area contributed by atoms with E-state index in [4.69, 9.17) is 19.9 Å². The highest BCUT2D eigenvalue weighted by atomic mass is 16.5. The van der Waals surface area contributed by atoms with Crippen molar-refractivity contribution in [3.05, 3.63) is 0 Å². The smallest absolute Gasteiger partial charge is 0.243 e. The summed E-state index contributed by atoms with van der Waals surface area (Å²) >= 11 is 0. The fourth-order valence-corrected chi connectivity index (χ4v) is 1.39. The Morgan fingerprint density at radius 2 is 1.50 bits per heavy atom. The Hall–Kier alpha value is -0.730. The standard InChI is InChI=1S/C13H29N3O4/c1-2-15-5-6-16-4-3-7-18-8-9-19-10-11-20-12-13(14)17/h15-16H,2-12H2,1H3,(H2,14,17). The van der Waals surface area contributed by atoms with Gasteiger partial charge < -0.3 is 30.6 Å². The lowest BCUT2D eigenvalue weighted by Crippen LogP contribution is -2.28. The highest BCUT2D eigenvalue weighted by Gasteiger charge is 1.94. The number of carbonyl (C=O) groups is 1. The van der Waals surface area contributed by atoms with Gasteiger partial charge in [-0.3, -0.25) is 4.79 Å². The fourth-order valence-electron chi connectivity index (χ4n) is 1.39. The molecule has 0 radical (unpaired) electrons. The van der Waals surface area contributed by atoms with E-state index in [0.29, 0.717) is 26.4 Å². The number of rotatable bonds is 16. The van der Waals surface area contributed by atoms with Gasteiger partial charge in [0.15, 0.2) is 0 Å². The van der Waals surface area contributed by atoms with Gasteiger partial charge in [0.2, 0.25) is 5.91 Å². The summed E-state index contributed by atoms with van der Waals surface area (Å²) in [6, 6.07) is 0. The van der Waals surface area contributed by atoms with Gasteiger partial charge in [0, 0.05) is 19.7 Å². The second-order valence-electron chi connectivity index (χ2n) is 4.20. The number of hydrogen-bond donors (Lipinski definition) is 3. The monoisotopic (exact) mass is 291 g/mol. The molecule has 0 bridgehead atoms. The van der Waals surface area contributed by atoms with Crippen molar-refractivity contribution < 1.29 is 19.0 Å². The number of hydrogen-bond acceptors (Lipinski definition) is 6. The van der Waals surface area contributed by atoms with Crippen molar-refractivity contribution in [3.63, 3.8) is 0 Å².